The summed E-state index contributed by atoms with van der Waals surface area (Å²) in [5, 5.41) is 0. The van der Waals surface area contributed by atoms with Crippen molar-refractivity contribution in [3.63, 3.8) is 0 Å². The maximum atomic E-state index is 10.3. The second kappa shape index (κ2) is 7.28. The van der Waals surface area contributed by atoms with E-state index in [9.17, 15) is 4.79 Å². The van der Waals surface area contributed by atoms with Gasteiger partial charge in [-0.3, -0.25) is 4.79 Å². The molecule has 0 aliphatic rings. The Balaban J connectivity index is 0. The molecule has 0 amide bonds. The summed E-state index contributed by atoms with van der Waals surface area (Å²) in [5.41, 5.74) is 0. The number of rotatable bonds is 3. The van der Waals surface area contributed by atoms with Gasteiger partial charge >= 0.3 is 5.97 Å². The van der Waals surface area contributed by atoms with Gasteiger partial charge < -0.3 is 9.47 Å². The molecule has 0 aliphatic carbocycles. The van der Waals surface area contributed by atoms with E-state index in [4.69, 9.17) is 9.47 Å². The molecule has 65 valence electrons. The molecule has 0 fully saturated rings. The molecule has 4 heteroatoms. The largest absolute Gasteiger partial charge is 0.460 e. The van der Waals surface area contributed by atoms with E-state index in [-0.39, 0.29) is 34.5 Å². The Labute approximate surface area is 76.6 Å². The van der Waals surface area contributed by atoms with Crippen LogP contribution in [0.1, 0.15) is 13.8 Å². The maximum absolute atomic E-state index is 10.3. The normalized spacial score (nSPS) is 11.5. The number of methoxy groups -OCH3 is 1. The van der Waals surface area contributed by atoms with Gasteiger partial charge in [0.2, 0.25) is 0 Å². The van der Waals surface area contributed by atoms with Gasteiger partial charge in [0, 0.05) is 36.4 Å². The number of carbonyl (C=O) groups is 1. The molecule has 3 nitrogen and oxygen atoms in total. The molecule has 0 bridgehead atoms. The van der Waals surface area contributed by atoms with Gasteiger partial charge in [0.15, 0.2) is 0 Å². The third kappa shape index (κ3) is 8.17. The number of ether oxygens (including phenoxy) is 2. The molecular formula is C6H12AgO3. The summed E-state index contributed by atoms with van der Waals surface area (Å²) in [5.74, 6) is -0.264. The van der Waals surface area contributed by atoms with E-state index in [1.54, 1.807) is 14.0 Å². The van der Waals surface area contributed by atoms with Crippen molar-refractivity contribution < 1.29 is 36.6 Å². The molecule has 0 spiro atoms. The zero-order valence-corrected chi connectivity index (χ0v) is 7.79. The van der Waals surface area contributed by atoms with Gasteiger partial charge in [-0.05, 0) is 6.92 Å². The quantitative estimate of drug-likeness (QED) is 0.534. The first-order chi connectivity index (χ1) is 4.16. The molecular weight excluding hydrogens is 228 g/mol. The minimum Gasteiger partial charge on any atom is -0.460 e. The maximum Gasteiger partial charge on any atom is 0.302 e. The molecule has 0 N–H and O–H groups in total. The van der Waals surface area contributed by atoms with Crippen molar-refractivity contribution in [2.24, 2.45) is 0 Å². The molecule has 0 aromatic heterocycles. The summed E-state index contributed by atoms with van der Waals surface area (Å²) in [6.45, 7) is 3.62. The predicted octanol–water partition coefficient (Wildman–Crippen LogP) is 0.582. The van der Waals surface area contributed by atoms with E-state index in [0.29, 0.717) is 6.61 Å². The summed E-state index contributed by atoms with van der Waals surface area (Å²) >= 11 is 0. The fraction of sp³-hybridized carbons (Fsp3) is 0.833. The average Bonchev–Trinajstić information content (AvgIpc) is 1.63. The average molecular weight is 240 g/mol. The molecule has 10 heavy (non-hydrogen) atoms. The molecule has 0 rings (SSSR count). The summed E-state index contributed by atoms with van der Waals surface area (Å²) in [7, 11) is 1.57. The Bertz CT molecular complexity index is 95.0. The third-order valence-corrected chi connectivity index (χ3v) is 0.769. The Kier molecular flexibility index (Phi) is 9.33. The minimum atomic E-state index is -0.264. The molecule has 1 radical (unpaired) electrons. The van der Waals surface area contributed by atoms with Crippen molar-refractivity contribution in [1.29, 1.82) is 0 Å². The minimum absolute atomic E-state index is 0. The fourth-order valence-corrected chi connectivity index (χ4v) is 0.552. The topological polar surface area (TPSA) is 35.5 Å². The second-order valence-corrected chi connectivity index (χ2v) is 1.88. The van der Waals surface area contributed by atoms with Crippen LogP contribution in [0.3, 0.4) is 0 Å². The van der Waals surface area contributed by atoms with Crippen LogP contribution in [0.4, 0.5) is 0 Å². The summed E-state index contributed by atoms with van der Waals surface area (Å²) in [6, 6.07) is 0. The predicted molar refractivity (Wildman–Crippen MR) is 33.1 cm³/mol. The summed E-state index contributed by atoms with van der Waals surface area (Å²) < 4.78 is 9.45. The van der Waals surface area contributed by atoms with E-state index in [0.717, 1.165) is 0 Å². The molecule has 0 aliphatic heterocycles. The van der Waals surface area contributed by atoms with Gasteiger partial charge in [-0.1, -0.05) is 0 Å². The Morgan fingerprint density at radius 3 is 2.40 bits per heavy atom. The van der Waals surface area contributed by atoms with Crippen molar-refractivity contribution in [3.8, 4) is 0 Å². The van der Waals surface area contributed by atoms with Gasteiger partial charge in [0.05, 0.1) is 6.61 Å². The van der Waals surface area contributed by atoms with Crippen LogP contribution in [-0.4, -0.2) is 25.8 Å². The number of esters is 1. The van der Waals surface area contributed by atoms with Gasteiger partial charge in [-0.2, -0.15) is 0 Å². The van der Waals surface area contributed by atoms with E-state index in [1.807, 2.05) is 0 Å². The van der Waals surface area contributed by atoms with Crippen molar-refractivity contribution in [2.45, 2.75) is 20.0 Å². The smallest absolute Gasteiger partial charge is 0.302 e. The van der Waals surface area contributed by atoms with E-state index >= 15 is 0 Å². The van der Waals surface area contributed by atoms with Gasteiger partial charge in [-0.25, -0.2) is 0 Å². The van der Waals surface area contributed by atoms with Crippen LogP contribution in [0.2, 0.25) is 0 Å². The number of hydrogen-bond acceptors (Lipinski definition) is 3. The third-order valence-electron chi connectivity index (χ3n) is 0.769. The first kappa shape index (κ1) is 12.8. The molecule has 0 aromatic carbocycles. The Morgan fingerprint density at radius 1 is 1.60 bits per heavy atom. The Morgan fingerprint density at radius 2 is 2.10 bits per heavy atom. The summed E-state index contributed by atoms with van der Waals surface area (Å²) in [6.07, 6.45) is -0.132. The molecule has 0 saturated carbocycles. The van der Waals surface area contributed by atoms with Gasteiger partial charge in [-0.15, -0.1) is 0 Å². The molecule has 0 heterocycles. The van der Waals surface area contributed by atoms with Crippen LogP contribution in [0.5, 0.6) is 0 Å². The molecule has 1 atom stereocenters. The first-order valence-corrected chi connectivity index (χ1v) is 2.83. The number of hydrogen-bond donors (Lipinski definition) is 0. The molecule has 1 unspecified atom stereocenters. The van der Waals surface area contributed by atoms with E-state index in [1.165, 1.54) is 6.92 Å². The number of carbonyl (C=O) groups excluding carboxylic acids is 1. The Hall–Kier alpha value is 0.170. The van der Waals surface area contributed by atoms with Gasteiger partial charge in [0.1, 0.15) is 6.10 Å². The zero-order valence-electron chi connectivity index (χ0n) is 6.31. The van der Waals surface area contributed by atoms with E-state index < -0.39 is 0 Å². The van der Waals surface area contributed by atoms with Crippen molar-refractivity contribution in [2.75, 3.05) is 13.7 Å². The van der Waals surface area contributed by atoms with Crippen LogP contribution >= 0.6 is 0 Å². The molecule has 0 aromatic rings. The van der Waals surface area contributed by atoms with E-state index in [2.05, 4.69) is 0 Å². The standard InChI is InChI=1S/C6H12O3.Ag/c1-5(4-8-3)9-6(2)7;/h5H,4H2,1-3H3;. The SMILES string of the molecule is COCC(C)OC(C)=O.[Ag]. The van der Waals surface area contributed by atoms with Crippen molar-refractivity contribution in [3.05, 3.63) is 0 Å². The summed E-state index contributed by atoms with van der Waals surface area (Å²) in [4.78, 5) is 10.3. The van der Waals surface area contributed by atoms with Crippen LogP contribution in [0.15, 0.2) is 0 Å². The van der Waals surface area contributed by atoms with Crippen molar-refractivity contribution in [1.82, 2.24) is 0 Å². The van der Waals surface area contributed by atoms with Crippen LogP contribution in [-0.2, 0) is 36.6 Å². The zero-order chi connectivity index (χ0) is 7.28. The van der Waals surface area contributed by atoms with Crippen molar-refractivity contribution >= 4 is 5.97 Å². The monoisotopic (exact) mass is 239 g/mol. The molecule has 0 saturated heterocycles. The van der Waals surface area contributed by atoms with Crippen LogP contribution < -0.4 is 0 Å². The first-order valence-electron chi connectivity index (χ1n) is 2.83. The van der Waals surface area contributed by atoms with Crippen LogP contribution in [0.25, 0.3) is 0 Å². The second-order valence-electron chi connectivity index (χ2n) is 1.88. The van der Waals surface area contributed by atoms with Gasteiger partial charge in [0.25, 0.3) is 0 Å². The van der Waals surface area contributed by atoms with Crippen LogP contribution in [0, 0.1) is 0 Å². The fourth-order valence-electron chi connectivity index (χ4n) is 0.552.